The first-order valence-electron chi connectivity index (χ1n) is 19.5. The summed E-state index contributed by atoms with van der Waals surface area (Å²) in [7, 11) is -4.10. The average molecular weight is 830 g/mol. The highest BCUT2D eigenvalue weighted by Gasteiger charge is 2.37. The molecule has 0 aliphatic carbocycles. The normalized spacial score (nSPS) is 16.0. The van der Waals surface area contributed by atoms with Gasteiger partial charge in [0.25, 0.3) is 10.0 Å². The first-order chi connectivity index (χ1) is 26.8. The molecule has 0 unspecified atom stereocenters. The smallest absolute Gasteiger partial charge is 0.326 e. The Morgan fingerprint density at radius 2 is 1.52 bits per heavy atom. The van der Waals surface area contributed by atoms with E-state index in [9.17, 15) is 32.7 Å². The number of hydrogen-bond donors (Lipinski definition) is 7. The fourth-order valence-electron chi connectivity index (χ4n) is 6.60. The highest BCUT2D eigenvalue weighted by atomic mass is 32.2. The maximum absolute atomic E-state index is 13.7. The predicted octanol–water partition coefficient (Wildman–Crippen LogP) is 2.67. The van der Waals surface area contributed by atoms with Crippen LogP contribution in [0.1, 0.15) is 95.5 Å². The Morgan fingerprint density at radius 3 is 2.10 bits per heavy atom. The van der Waals surface area contributed by atoms with Crippen molar-refractivity contribution in [3.8, 4) is 5.75 Å². The number of carbonyl (C=O) groups is 4. The molecule has 0 fully saturated rings. The van der Waals surface area contributed by atoms with Gasteiger partial charge in [-0.05, 0) is 103 Å². The van der Waals surface area contributed by atoms with E-state index in [1.54, 1.807) is 65.0 Å². The van der Waals surface area contributed by atoms with E-state index in [-0.39, 0.29) is 55.6 Å². The van der Waals surface area contributed by atoms with Gasteiger partial charge in [0.15, 0.2) is 0 Å². The minimum Gasteiger partial charge on any atom is -0.487 e. The number of amides is 3. The van der Waals surface area contributed by atoms with E-state index < -0.39 is 69.1 Å². The van der Waals surface area contributed by atoms with Crippen molar-refractivity contribution in [2.24, 2.45) is 22.4 Å². The quantitative estimate of drug-likeness (QED) is 0.0616. The lowest BCUT2D eigenvalue weighted by Gasteiger charge is -2.28. The van der Waals surface area contributed by atoms with Crippen molar-refractivity contribution in [3.05, 3.63) is 58.1 Å². The van der Waals surface area contributed by atoms with E-state index in [0.717, 1.165) is 11.1 Å². The van der Waals surface area contributed by atoms with Crippen molar-refractivity contribution < 1.29 is 42.2 Å². The van der Waals surface area contributed by atoms with Crippen LogP contribution in [0.3, 0.4) is 0 Å². The van der Waals surface area contributed by atoms with Gasteiger partial charge < -0.3 is 42.0 Å². The number of hydrogen-bond acceptors (Lipinski definition) is 10. The van der Waals surface area contributed by atoms with Crippen molar-refractivity contribution in [3.63, 3.8) is 0 Å². The van der Waals surface area contributed by atoms with Gasteiger partial charge in [0.2, 0.25) is 23.7 Å². The lowest BCUT2D eigenvalue weighted by Crippen LogP contribution is -2.59. The molecule has 1 aliphatic rings. The number of ether oxygens (including phenoxy) is 2. The van der Waals surface area contributed by atoms with Crippen molar-refractivity contribution in [1.29, 1.82) is 0 Å². The zero-order valence-electron chi connectivity index (χ0n) is 35.4. The Balaban J connectivity index is 1.65. The van der Waals surface area contributed by atoms with Crippen LogP contribution in [0.25, 0.3) is 0 Å². The highest BCUT2D eigenvalue weighted by molar-refractivity contribution is 7.90. The van der Waals surface area contributed by atoms with E-state index in [1.807, 2.05) is 34.6 Å². The molecule has 58 heavy (non-hydrogen) atoms. The number of carbonyl (C=O) groups excluding carboxylic acids is 3. The minimum absolute atomic E-state index is 0.0386. The van der Waals surface area contributed by atoms with Gasteiger partial charge in [0.1, 0.15) is 29.5 Å². The number of aliphatic carboxylic acids is 1. The van der Waals surface area contributed by atoms with Crippen LogP contribution in [0, 0.1) is 26.7 Å². The van der Waals surface area contributed by atoms with Crippen LogP contribution in [-0.4, -0.2) is 91.7 Å². The Kier molecular flexibility index (Phi) is 16.3. The number of rotatable bonds is 19. The highest BCUT2D eigenvalue weighted by Crippen LogP contribution is 2.43. The van der Waals surface area contributed by atoms with Gasteiger partial charge in [-0.2, -0.15) is 0 Å². The summed E-state index contributed by atoms with van der Waals surface area (Å²) in [5.74, 6) is -2.97. The average Bonchev–Trinajstić information content (AvgIpc) is 3.45. The number of aliphatic imine (C=N–C) groups is 1. The molecule has 0 aromatic heterocycles. The summed E-state index contributed by atoms with van der Waals surface area (Å²) in [5.41, 5.74) is 14.5. The van der Waals surface area contributed by atoms with E-state index in [1.165, 1.54) is 0 Å². The lowest BCUT2D eigenvalue weighted by atomic mass is 9.94. The first-order valence-corrected chi connectivity index (χ1v) is 21.0. The molecule has 2 aromatic carbocycles. The van der Waals surface area contributed by atoms with Crippen molar-refractivity contribution >= 4 is 39.7 Å². The molecule has 0 saturated carbocycles. The Morgan fingerprint density at radius 1 is 0.931 bits per heavy atom. The molecule has 4 atom stereocenters. The summed E-state index contributed by atoms with van der Waals surface area (Å²) in [6.07, 6.45) is 1.15. The van der Waals surface area contributed by atoms with E-state index in [2.05, 4.69) is 25.7 Å². The summed E-state index contributed by atoms with van der Waals surface area (Å²) in [4.78, 5) is 56.8. The Hall–Kier alpha value is -4.74. The molecule has 0 bridgehead atoms. The maximum atomic E-state index is 13.7. The SMILES string of the molecule is Cc1c(C)c(S(=O)(=O)NC(N)=NCCC[C@H](N)C(=O)N[C@@H](COC(C)(C)C)C(=O)N[C@@H](CC(C)C)C(=O)N[C@@H](Cc2ccccc2)C(=O)O)c(C)c2c1OC(C)(C)C2. The fourth-order valence-corrected chi connectivity index (χ4v) is 8.13. The second-order valence-electron chi connectivity index (χ2n) is 16.9. The molecule has 9 N–H and O–H groups in total. The summed E-state index contributed by atoms with van der Waals surface area (Å²) < 4.78 is 41.4. The molecular weight excluding hydrogens is 767 g/mol. The third-order valence-electron chi connectivity index (χ3n) is 9.65. The van der Waals surface area contributed by atoms with E-state index in [0.29, 0.717) is 28.9 Å². The predicted molar refractivity (Wildman–Crippen MR) is 222 cm³/mol. The van der Waals surface area contributed by atoms with Gasteiger partial charge >= 0.3 is 5.97 Å². The van der Waals surface area contributed by atoms with E-state index >= 15 is 0 Å². The van der Waals surface area contributed by atoms with Crippen LogP contribution in [0.15, 0.2) is 40.2 Å². The van der Waals surface area contributed by atoms with Crippen molar-refractivity contribution in [2.75, 3.05) is 13.2 Å². The van der Waals surface area contributed by atoms with Crippen LogP contribution in [-0.2, 0) is 46.8 Å². The molecule has 322 valence electrons. The topological polar surface area (TPSA) is 254 Å². The number of nitrogens with one attached hydrogen (secondary N) is 4. The zero-order chi connectivity index (χ0) is 43.7. The molecule has 0 saturated heterocycles. The van der Waals surface area contributed by atoms with Gasteiger partial charge in [-0.1, -0.05) is 44.2 Å². The summed E-state index contributed by atoms with van der Waals surface area (Å²) in [5, 5.41) is 17.7. The largest absolute Gasteiger partial charge is 0.487 e. The minimum atomic E-state index is -4.10. The zero-order valence-corrected chi connectivity index (χ0v) is 36.3. The van der Waals surface area contributed by atoms with Gasteiger partial charge in [-0.3, -0.25) is 19.4 Å². The Bertz CT molecular complexity index is 1940. The van der Waals surface area contributed by atoms with Crippen LogP contribution in [0.2, 0.25) is 0 Å². The van der Waals surface area contributed by atoms with Crippen molar-refractivity contribution in [2.45, 2.75) is 142 Å². The third kappa shape index (κ3) is 13.7. The standard InChI is InChI=1S/C41H63N7O9S/c1-23(2)19-30(36(50)46-31(38(52)53)20-27-15-12-11-13-16-27)45-37(51)32(22-56-40(6,7)8)47-35(49)29(42)17-14-18-44-39(43)48-58(54,55)34-25(4)24(3)33-28(26(34)5)21-41(9,10)57-33/h11-13,15-16,23,29-32H,14,17-22,42H2,1-10H3,(H,45,51)(H,46,50)(H,47,49)(H,52,53)(H3,43,44,48)/t29-,30-,31-,32-/m0/s1. The van der Waals surface area contributed by atoms with Gasteiger partial charge in [-0.25, -0.2) is 17.9 Å². The second kappa shape index (κ2) is 19.8. The first kappa shape index (κ1) is 47.6. The molecule has 2 aromatic rings. The lowest BCUT2D eigenvalue weighted by molar-refractivity contribution is -0.142. The third-order valence-corrected chi connectivity index (χ3v) is 11.3. The summed E-state index contributed by atoms with van der Waals surface area (Å²) >= 11 is 0. The molecular formula is C41H63N7O9S. The number of nitrogens with zero attached hydrogens (tertiary/aromatic N) is 1. The Labute approximate surface area is 342 Å². The van der Waals surface area contributed by atoms with Crippen LogP contribution in [0.4, 0.5) is 0 Å². The number of sulfonamides is 1. The second-order valence-corrected chi connectivity index (χ2v) is 18.6. The van der Waals surface area contributed by atoms with Crippen LogP contribution >= 0.6 is 0 Å². The van der Waals surface area contributed by atoms with E-state index in [4.69, 9.17) is 20.9 Å². The molecule has 0 radical (unpaired) electrons. The number of fused-ring (bicyclic) bond motifs is 1. The molecule has 17 heteroatoms. The molecule has 1 heterocycles. The maximum Gasteiger partial charge on any atom is 0.326 e. The molecule has 3 rings (SSSR count). The number of nitrogens with two attached hydrogens (primary N) is 2. The number of carboxylic acid groups (broad SMARTS) is 1. The molecule has 16 nitrogen and oxygen atoms in total. The fraction of sp³-hybridized carbons (Fsp3) is 0.585. The van der Waals surface area contributed by atoms with Gasteiger partial charge in [0, 0.05) is 24.9 Å². The number of benzene rings is 2. The molecule has 1 aliphatic heterocycles. The monoisotopic (exact) mass is 829 g/mol. The van der Waals surface area contributed by atoms with Gasteiger partial charge in [0.05, 0.1) is 23.1 Å². The van der Waals surface area contributed by atoms with Gasteiger partial charge in [-0.15, -0.1) is 0 Å². The summed E-state index contributed by atoms with van der Waals surface area (Å²) in [6.45, 7) is 18.0. The van der Waals surface area contributed by atoms with Crippen molar-refractivity contribution in [1.82, 2.24) is 20.7 Å². The number of carboxylic acids is 1. The molecule has 3 amide bonds. The number of guanidine groups is 1. The summed E-state index contributed by atoms with van der Waals surface area (Å²) in [6, 6.07) is 4.14. The molecule has 0 spiro atoms. The van der Waals surface area contributed by atoms with Crippen LogP contribution < -0.4 is 36.9 Å². The van der Waals surface area contributed by atoms with Crippen LogP contribution in [0.5, 0.6) is 5.75 Å².